The second-order valence-corrected chi connectivity index (χ2v) is 8.54. The van der Waals surface area contributed by atoms with Gasteiger partial charge in [0.2, 0.25) is 0 Å². The van der Waals surface area contributed by atoms with E-state index in [4.69, 9.17) is 14.2 Å². The number of aromatic hydroxyl groups is 7. The van der Waals surface area contributed by atoms with Crippen LogP contribution >= 0.6 is 0 Å². The topological polar surface area (TPSA) is 186 Å². The van der Waals surface area contributed by atoms with Gasteiger partial charge in [0.1, 0.15) is 23.4 Å². The highest BCUT2D eigenvalue weighted by Gasteiger charge is 2.37. The molecule has 0 aliphatic carbocycles. The average molecular weight is 500 g/mol. The van der Waals surface area contributed by atoms with Gasteiger partial charge in [0.15, 0.2) is 40.6 Å². The number of rotatable bonds is 5. The molecule has 0 fully saturated rings. The number of fused-ring (bicyclic) bond motifs is 1. The summed E-state index contributed by atoms with van der Waals surface area (Å²) in [6.07, 6.45) is -2.54. The molecule has 11 nitrogen and oxygen atoms in total. The van der Waals surface area contributed by atoms with Crippen LogP contribution in [0, 0.1) is 0 Å². The summed E-state index contributed by atoms with van der Waals surface area (Å²) in [6, 6.07) is 6.96. The lowest BCUT2D eigenvalue weighted by molar-refractivity contribution is -0.0189. The predicted molar refractivity (Wildman–Crippen MR) is 123 cm³/mol. The molecular formula is C25H24O11. The highest BCUT2D eigenvalue weighted by molar-refractivity contribution is 5.91. The molecule has 0 spiro atoms. The molecule has 1 aliphatic heterocycles. The quantitative estimate of drug-likeness (QED) is 0.201. The second-order valence-electron chi connectivity index (χ2n) is 8.54. The first-order valence-electron chi connectivity index (χ1n) is 10.8. The van der Waals surface area contributed by atoms with Gasteiger partial charge in [0.05, 0.1) is 11.7 Å². The third-order valence-electron chi connectivity index (χ3n) is 5.51. The smallest absolute Gasteiger partial charge is 0.338 e. The summed E-state index contributed by atoms with van der Waals surface area (Å²) in [6.45, 7) is 3.60. The van der Waals surface area contributed by atoms with E-state index in [1.807, 2.05) is 0 Å². The Balaban J connectivity index is 1.75. The van der Waals surface area contributed by atoms with E-state index < -0.39 is 52.7 Å². The summed E-state index contributed by atoms with van der Waals surface area (Å²) in [7, 11) is 0. The van der Waals surface area contributed by atoms with Crippen LogP contribution in [-0.4, -0.2) is 53.9 Å². The minimum atomic E-state index is -1.14. The third-order valence-corrected chi connectivity index (χ3v) is 5.51. The minimum absolute atomic E-state index is 0.0714. The van der Waals surface area contributed by atoms with Crippen molar-refractivity contribution in [3.63, 3.8) is 0 Å². The van der Waals surface area contributed by atoms with E-state index in [1.165, 1.54) is 12.1 Å². The van der Waals surface area contributed by atoms with Crippen molar-refractivity contribution in [2.75, 3.05) is 0 Å². The van der Waals surface area contributed by atoms with Crippen molar-refractivity contribution in [2.24, 2.45) is 0 Å². The number of hydrogen-bond acceptors (Lipinski definition) is 11. The summed E-state index contributed by atoms with van der Waals surface area (Å²) < 4.78 is 17.2. The minimum Gasteiger partial charge on any atom is -0.507 e. The maximum atomic E-state index is 12.9. The Labute approximate surface area is 204 Å². The first-order chi connectivity index (χ1) is 16.9. The molecule has 2 atom stereocenters. The Morgan fingerprint density at radius 2 is 1.39 bits per heavy atom. The van der Waals surface area contributed by atoms with Crippen molar-refractivity contribution in [1.29, 1.82) is 0 Å². The highest BCUT2D eigenvalue weighted by atomic mass is 16.6. The standard InChI is InChI=1S/C25H24O11/c1-10(2)34-13-7-15(26)14-9-21(36-25(33)12-5-18(29)23(32)19(30)6-12)24(35-20(14)8-13)11-3-16(27)22(31)17(28)4-11/h3-8,10,21,24,26-32H,9H2,1-2H3/t21-,24+/m0/s1. The summed E-state index contributed by atoms with van der Waals surface area (Å²) in [5.74, 6) is -4.98. The van der Waals surface area contributed by atoms with E-state index in [9.17, 15) is 40.5 Å². The van der Waals surface area contributed by atoms with E-state index in [0.717, 1.165) is 24.3 Å². The van der Waals surface area contributed by atoms with Crippen LogP contribution in [0.4, 0.5) is 0 Å². The van der Waals surface area contributed by atoms with E-state index >= 15 is 0 Å². The molecule has 0 bridgehead atoms. The van der Waals surface area contributed by atoms with Crippen molar-refractivity contribution < 1.29 is 54.8 Å². The van der Waals surface area contributed by atoms with Gasteiger partial charge >= 0.3 is 5.97 Å². The van der Waals surface area contributed by atoms with Crippen LogP contribution in [0.3, 0.4) is 0 Å². The van der Waals surface area contributed by atoms with Crippen molar-refractivity contribution in [2.45, 2.75) is 38.6 Å². The molecule has 190 valence electrons. The number of phenolic OH excluding ortho intramolecular Hbond substituents is 7. The fourth-order valence-electron chi connectivity index (χ4n) is 3.88. The van der Waals surface area contributed by atoms with Gasteiger partial charge in [-0.15, -0.1) is 0 Å². The van der Waals surface area contributed by atoms with Crippen molar-refractivity contribution in [3.05, 3.63) is 53.1 Å². The monoisotopic (exact) mass is 500 g/mol. The van der Waals surface area contributed by atoms with Gasteiger partial charge in [-0.1, -0.05) is 0 Å². The van der Waals surface area contributed by atoms with Crippen LogP contribution in [0.25, 0.3) is 0 Å². The van der Waals surface area contributed by atoms with E-state index in [1.54, 1.807) is 13.8 Å². The largest absolute Gasteiger partial charge is 0.507 e. The molecule has 0 aromatic heterocycles. The molecule has 1 heterocycles. The molecule has 36 heavy (non-hydrogen) atoms. The Morgan fingerprint density at radius 3 is 1.94 bits per heavy atom. The molecule has 0 radical (unpaired) electrons. The zero-order chi connectivity index (χ0) is 26.3. The van der Waals surface area contributed by atoms with Gasteiger partial charge in [-0.2, -0.15) is 0 Å². The number of hydrogen-bond donors (Lipinski definition) is 7. The molecular weight excluding hydrogens is 476 g/mol. The lowest BCUT2D eigenvalue weighted by atomic mass is 9.93. The molecule has 0 saturated heterocycles. The third kappa shape index (κ3) is 4.63. The molecule has 7 N–H and O–H groups in total. The lowest BCUT2D eigenvalue weighted by Gasteiger charge is -2.34. The van der Waals surface area contributed by atoms with Crippen LogP contribution in [0.15, 0.2) is 36.4 Å². The number of phenols is 7. The first-order valence-corrected chi connectivity index (χ1v) is 10.8. The zero-order valence-electron chi connectivity index (χ0n) is 19.2. The molecule has 0 unspecified atom stereocenters. The second kappa shape index (κ2) is 9.17. The Bertz CT molecular complexity index is 1290. The Hall–Kier alpha value is -4.67. The summed E-state index contributed by atoms with van der Waals surface area (Å²) in [5.41, 5.74) is 0.148. The SMILES string of the molecule is CC(C)Oc1cc(O)c2c(c1)O[C@H](c1cc(O)c(O)c(O)c1)[C@@H](OC(=O)c1cc(O)c(O)c(O)c1)C2. The fourth-order valence-corrected chi connectivity index (χ4v) is 3.88. The first kappa shape index (κ1) is 24.5. The number of esters is 1. The number of benzene rings is 3. The van der Waals surface area contributed by atoms with Gasteiger partial charge < -0.3 is 50.0 Å². The fraction of sp³-hybridized carbons (Fsp3) is 0.240. The molecule has 1 aliphatic rings. The summed E-state index contributed by atoms with van der Waals surface area (Å²) in [5, 5.41) is 69.4. The van der Waals surface area contributed by atoms with Gasteiger partial charge in [-0.25, -0.2) is 4.79 Å². The van der Waals surface area contributed by atoms with Gasteiger partial charge in [0, 0.05) is 29.7 Å². The molecule has 3 aromatic carbocycles. The van der Waals surface area contributed by atoms with Crippen molar-refractivity contribution in [1.82, 2.24) is 0 Å². The number of carbonyl (C=O) groups excluding carboxylic acids is 1. The number of carbonyl (C=O) groups is 1. The number of ether oxygens (including phenoxy) is 3. The van der Waals surface area contributed by atoms with E-state index in [2.05, 4.69) is 0 Å². The molecule has 3 aromatic rings. The van der Waals surface area contributed by atoms with Crippen molar-refractivity contribution in [3.8, 4) is 51.7 Å². The predicted octanol–water partition coefficient (Wildman–Crippen LogP) is 3.31. The van der Waals surface area contributed by atoms with Crippen molar-refractivity contribution >= 4 is 5.97 Å². The maximum absolute atomic E-state index is 12.9. The normalized spacial score (nSPS) is 16.8. The van der Waals surface area contributed by atoms with Gasteiger partial charge in [-0.3, -0.25) is 0 Å². The van der Waals surface area contributed by atoms with E-state index in [-0.39, 0.29) is 35.2 Å². The Morgan fingerprint density at radius 1 is 0.833 bits per heavy atom. The van der Waals surface area contributed by atoms with Crippen LogP contribution in [0.2, 0.25) is 0 Å². The average Bonchev–Trinajstić information content (AvgIpc) is 2.80. The summed E-state index contributed by atoms with van der Waals surface area (Å²) >= 11 is 0. The Kier molecular flexibility index (Phi) is 6.23. The van der Waals surface area contributed by atoms with Crippen LogP contribution in [0.5, 0.6) is 51.7 Å². The lowest BCUT2D eigenvalue weighted by Crippen LogP contribution is -2.34. The highest BCUT2D eigenvalue weighted by Crippen LogP contribution is 2.46. The molecule has 4 rings (SSSR count). The van der Waals surface area contributed by atoms with Crippen LogP contribution in [0.1, 0.15) is 41.4 Å². The zero-order valence-corrected chi connectivity index (χ0v) is 19.2. The van der Waals surface area contributed by atoms with Gasteiger partial charge in [-0.05, 0) is 38.1 Å². The van der Waals surface area contributed by atoms with Gasteiger partial charge in [0.25, 0.3) is 0 Å². The summed E-state index contributed by atoms with van der Waals surface area (Å²) in [4.78, 5) is 12.9. The molecule has 0 amide bonds. The molecule has 0 saturated carbocycles. The van der Waals surface area contributed by atoms with Crippen LogP contribution in [-0.2, 0) is 11.2 Å². The van der Waals surface area contributed by atoms with Crippen LogP contribution < -0.4 is 9.47 Å². The van der Waals surface area contributed by atoms with E-state index in [0.29, 0.717) is 11.3 Å². The molecule has 11 heteroatoms. The maximum Gasteiger partial charge on any atom is 0.338 e.